The van der Waals surface area contributed by atoms with Gasteiger partial charge in [0, 0.05) is 17.6 Å². The molecule has 0 aromatic heterocycles. The van der Waals surface area contributed by atoms with Gasteiger partial charge in [-0.15, -0.1) is 0 Å². The van der Waals surface area contributed by atoms with Gasteiger partial charge in [-0.2, -0.15) is 0 Å². The molecule has 1 aromatic rings. The van der Waals surface area contributed by atoms with Crippen molar-refractivity contribution < 1.29 is 19.2 Å². The molecular weight excluding hydrogens is 360 g/mol. The van der Waals surface area contributed by atoms with Crippen LogP contribution in [-0.4, -0.2) is 29.4 Å². The molecule has 0 unspecified atom stereocenters. The maximum Gasteiger partial charge on any atom is 0.345 e. The predicted octanol–water partition coefficient (Wildman–Crippen LogP) is 3.80. The maximum atomic E-state index is 12.2. The first-order chi connectivity index (χ1) is 12.4. The number of halogens is 1. The van der Waals surface area contributed by atoms with Crippen molar-refractivity contribution in [2.75, 3.05) is 6.54 Å². The Kier molecular flexibility index (Phi) is 7.15. The van der Waals surface area contributed by atoms with Gasteiger partial charge < -0.3 is 10.1 Å². The molecule has 26 heavy (non-hydrogen) atoms. The number of hydrogen-bond donors (Lipinski definition) is 1. The number of esters is 1. The van der Waals surface area contributed by atoms with Crippen molar-refractivity contribution in [1.29, 1.82) is 0 Å². The van der Waals surface area contributed by atoms with Crippen LogP contribution < -0.4 is 5.32 Å². The molecule has 1 atom stereocenters. The van der Waals surface area contributed by atoms with Crippen LogP contribution in [0.15, 0.2) is 29.8 Å². The Morgan fingerprint density at radius 2 is 2.15 bits per heavy atom. The number of nitrogens with one attached hydrogen (secondary N) is 1. The Labute approximate surface area is 156 Å². The van der Waals surface area contributed by atoms with Crippen molar-refractivity contribution in [3.8, 4) is 0 Å². The van der Waals surface area contributed by atoms with Crippen LogP contribution in [0, 0.1) is 10.1 Å². The van der Waals surface area contributed by atoms with E-state index in [1.165, 1.54) is 31.4 Å². The second kappa shape index (κ2) is 9.33. The number of ether oxygens (including phenoxy) is 1. The molecular formula is C18H21ClN2O5. The van der Waals surface area contributed by atoms with Crippen LogP contribution in [0.4, 0.5) is 5.69 Å². The largest absolute Gasteiger partial charge is 0.449 e. The molecule has 140 valence electrons. The topological polar surface area (TPSA) is 98.5 Å². The molecule has 0 fully saturated rings. The van der Waals surface area contributed by atoms with E-state index in [4.69, 9.17) is 16.3 Å². The van der Waals surface area contributed by atoms with Crippen molar-refractivity contribution in [1.82, 2.24) is 5.32 Å². The van der Waals surface area contributed by atoms with Gasteiger partial charge in [0.05, 0.1) is 4.92 Å². The van der Waals surface area contributed by atoms with Crippen LogP contribution in [0.1, 0.15) is 49.4 Å². The van der Waals surface area contributed by atoms with Gasteiger partial charge in [-0.1, -0.05) is 23.3 Å². The summed E-state index contributed by atoms with van der Waals surface area (Å²) in [4.78, 5) is 34.6. The van der Waals surface area contributed by atoms with Crippen molar-refractivity contribution in [2.45, 2.75) is 45.1 Å². The molecule has 1 aliphatic carbocycles. The summed E-state index contributed by atoms with van der Waals surface area (Å²) in [5, 5.41) is 13.9. The minimum atomic E-state index is -1.07. The summed E-state index contributed by atoms with van der Waals surface area (Å²) >= 11 is 5.79. The lowest BCUT2D eigenvalue weighted by atomic mass is 9.97. The van der Waals surface area contributed by atoms with Gasteiger partial charge in [-0.05, 0) is 51.2 Å². The third-order valence-electron chi connectivity index (χ3n) is 4.16. The van der Waals surface area contributed by atoms with Gasteiger partial charge in [0.1, 0.15) is 5.56 Å². The summed E-state index contributed by atoms with van der Waals surface area (Å²) in [5.41, 5.74) is 0.626. The molecule has 7 nitrogen and oxygen atoms in total. The van der Waals surface area contributed by atoms with E-state index in [1.807, 2.05) is 0 Å². The smallest absolute Gasteiger partial charge is 0.345 e. The van der Waals surface area contributed by atoms with Crippen LogP contribution in [-0.2, 0) is 9.53 Å². The average Bonchev–Trinajstić information content (AvgIpc) is 2.62. The third-order valence-corrected chi connectivity index (χ3v) is 4.39. The lowest BCUT2D eigenvalue weighted by molar-refractivity contribution is -0.385. The number of benzene rings is 1. The molecule has 0 radical (unpaired) electrons. The van der Waals surface area contributed by atoms with Crippen molar-refractivity contribution >= 4 is 29.2 Å². The predicted molar refractivity (Wildman–Crippen MR) is 97.2 cm³/mol. The van der Waals surface area contributed by atoms with Gasteiger partial charge in [0.2, 0.25) is 0 Å². The van der Waals surface area contributed by atoms with Crippen LogP contribution in [0.5, 0.6) is 0 Å². The fourth-order valence-corrected chi connectivity index (χ4v) is 2.90. The van der Waals surface area contributed by atoms with Gasteiger partial charge in [-0.3, -0.25) is 14.9 Å². The lowest BCUT2D eigenvalue weighted by Crippen LogP contribution is -2.36. The molecule has 0 heterocycles. The van der Waals surface area contributed by atoms with E-state index in [0.29, 0.717) is 6.54 Å². The normalized spacial score (nSPS) is 14.9. The fourth-order valence-electron chi connectivity index (χ4n) is 2.73. The van der Waals surface area contributed by atoms with Gasteiger partial charge in [0.25, 0.3) is 11.6 Å². The number of carbonyl (C=O) groups excluding carboxylic acids is 2. The fraction of sp³-hybridized carbons (Fsp3) is 0.444. The molecule has 2 rings (SSSR count). The Bertz CT molecular complexity index is 732. The standard InChI is InChI=1S/C18H21ClN2O5/c1-12(17(22)20-10-9-13-5-3-2-4-6-13)26-18(23)15-11-14(19)7-8-16(15)21(24)25/h5,7-8,11-12H,2-4,6,9-10H2,1H3,(H,20,22)/t12-/m0/s1. The van der Waals surface area contributed by atoms with Crippen LogP contribution in [0.2, 0.25) is 5.02 Å². The number of carbonyl (C=O) groups is 2. The number of hydrogen-bond acceptors (Lipinski definition) is 5. The van der Waals surface area contributed by atoms with Crippen molar-refractivity contribution in [2.24, 2.45) is 0 Å². The van der Waals surface area contributed by atoms with Crippen LogP contribution in [0.3, 0.4) is 0 Å². The zero-order valence-corrected chi connectivity index (χ0v) is 15.3. The van der Waals surface area contributed by atoms with Gasteiger partial charge in [0.15, 0.2) is 6.10 Å². The van der Waals surface area contributed by atoms with E-state index in [0.717, 1.165) is 31.4 Å². The SMILES string of the molecule is C[C@H](OC(=O)c1cc(Cl)ccc1[N+](=O)[O-])C(=O)NCCC1=CCCCC1. The Morgan fingerprint density at radius 1 is 1.38 bits per heavy atom. The van der Waals surface area contributed by atoms with E-state index < -0.39 is 28.6 Å². The Hall–Kier alpha value is -2.41. The maximum absolute atomic E-state index is 12.2. The van der Waals surface area contributed by atoms with Crippen LogP contribution >= 0.6 is 11.6 Å². The third kappa shape index (κ3) is 5.56. The van der Waals surface area contributed by atoms with E-state index in [9.17, 15) is 19.7 Å². The van der Waals surface area contributed by atoms with Crippen molar-refractivity contribution in [3.63, 3.8) is 0 Å². The van der Waals surface area contributed by atoms with Gasteiger partial charge >= 0.3 is 5.97 Å². The second-order valence-corrected chi connectivity index (χ2v) is 6.55. The van der Waals surface area contributed by atoms with Crippen LogP contribution in [0.25, 0.3) is 0 Å². The first-order valence-corrected chi connectivity index (χ1v) is 8.87. The minimum Gasteiger partial charge on any atom is -0.449 e. The lowest BCUT2D eigenvalue weighted by Gasteiger charge is -2.15. The summed E-state index contributed by atoms with van der Waals surface area (Å²) in [6, 6.07) is 3.59. The number of nitrogens with zero attached hydrogens (tertiary/aromatic N) is 1. The number of nitro benzene ring substituents is 1. The van der Waals surface area contributed by atoms with Crippen molar-refractivity contribution in [3.05, 3.63) is 50.5 Å². The highest BCUT2D eigenvalue weighted by molar-refractivity contribution is 6.31. The monoisotopic (exact) mass is 380 g/mol. The minimum absolute atomic E-state index is 0.167. The molecule has 0 spiro atoms. The van der Waals surface area contributed by atoms with E-state index in [-0.39, 0.29) is 10.6 Å². The Balaban J connectivity index is 1.90. The highest BCUT2D eigenvalue weighted by atomic mass is 35.5. The first kappa shape index (κ1) is 19.9. The summed E-state index contributed by atoms with van der Waals surface area (Å²) in [6.07, 6.45) is 6.42. The Morgan fingerprint density at radius 3 is 2.81 bits per heavy atom. The number of rotatable bonds is 7. The molecule has 1 amide bonds. The molecule has 0 saturated heterocycles. The molecule has 1 aromatic carbocycles. The van der Waals surface area contributed by atoms with E-state index >= 15 is 0 Å². The highest BCUT2D eigenvalue weighted by Crippen LogP contribution is 2.24. The highest BCUT2D eigenvalue weighted by Gasteiger charge is 2.25. The zero-order valence-electron chi connectivity index (χ0n) is 14.5. The summed E-state index contributed by atoms with van der Waals surface area (Å²) in [7, 11) is 0. The second-order valence-electron chi connectivity index (χ2n) is 6.12. The molecule has 1 aliphatic rings. The number of allylic oxidation sites excluding steroid dienone is 1. The summed E-state index contributed by atoms with van der Waals surface area (Å²) < 4.78 is 5.06. The average molecular weight is 381 g/mol. The summed E-state index contributed by atoms with van der Waals surface area (Å²) in [5.74, 6) is -1.41. The van der Waals surface area contributed by atoms with Gasteiger partial charge in [-0.25, -0.2) is 4.79 Å². The molecule has 0 bridgehead atoms. The molecule has 0 saturated carbocycles. The zero-order chi connectivity index (χ0) is 19.1. The number of nitro groups is 1. The molecule has 1 N–H and O–H groups in total. The summed E-state index contributed by atoms with van der Waals surface area (Å²) in [6.45, 7) is 1.88. The number of amides is 1. The van der Waals surface area contributed by atoms with E-state index in [2.05, 4.69) is 11.4 Å². The molecule has 8 heteroatoms. The first-order valence-electron chi connectivity index (χ1n) is 8.49. The quantitative estimate of drug-likeness (QED) is 0.335. The molecule has 0 aliphatic heterocycles. The van der Waals surface area contributed by atoms with E-state index in [1.54, 1.807) is 0 Å².